The highest BCUT2D eigenvalue weighted by molar-refractivity contribution is 7.47. The summed E-state index contributed by atoms with van der Waals surface area (Å²) in [7, 11) is -9.93. The van der Waals surface area contributed by atoms with E-state index in [0.717, 1.165) is 120 Å². The molecule has 0 bridgehead atoms. The van der Waals surface area contributed by atoms with E-state index in [9.17, 15) is 43.2 Å². The Balaban J connectivity index is 5.20. The van der Waals surface area contributed by atoms with Crippen LogP contribution in [0.5, 0.6) is 0 Å². The molecule has 106 heavy (non-hydrogen) atoms. The number of aliphatic hydroxyl groups is 1. The van der Waals surface area contributed by atoms with Crippen LogP contribution in [0.15, 0.2) is 0 Å². The second-order valence-electron chi connectivity index (χ2n) is 32.5. The van der Waals surface area contributed by atoms with E-state index in [0.29, 0.717) is 25.7 Å². The van der Waals surface area contributed by atoms with Crippen molar-refractivity contribution in [3.8, 4) is 0 Å². The number of hydrogen-bond acceptors (Lipinski definition) is 15. The smallest absolute Gasteiger partial charge is 0.462 e. The normalized spacial score (nSPS) is 14.7. The van der Waals surface area contributed by atoms with Gasteiger partial charge in [0.05, 0.1) is 26.4 Å². The third-order valence-corrected chi connectivity index (χ3v) is 23.3. The molecule has 5 unspecified atom stereocenters. The van der Waals surface area contributed by atoms with Crippen molar-refractivity contribution in [1.82, 2.24) is 0 Å². The number of hydrogen-bond donors (Lipinski definition) is 3. The molecule has 0 saturated heterocycles. The Morgan fingerprint density at radius 2 is 0.453 bits per heavy atom. The minimum atomic E-state index is -4.97. The number of esters is 4. The molecule has 0 heterocycles. The van der Waals surface area contributed by atoms with Crippen LogP contribution >= 0.6 is 15.6 Å². The van der Waals surface area contributed by atoms with Crippen LogP contribution in [0.4, 0.5) is 0 Å². The van der Waals surface area contributed by atoms with Gasteiger partial charge in [0.1, 0.15) is 19.3 Å². The molecule has 8 atom stereocenters. The molecule has 0 aromatic heterocycles. The van der Waals surface area contributed by atoms with Crippen molar-refractivity contribution in [3.63, 3.8) is 0 Å². The Labute approximate surface area is 651 Å². The van der Waals surface area contributed by atoms with Crippen molar-refractivity contribution in [2.75, 3.05) is 39.6 Å². The van der Waals surface area contributed by atoms with Crippen LogP contribution in [0.2, 0.25) is 0 Å². The van der Waals surface area contributed by atoms with E-state index in [-0.39, 0.29) is 25.7 Å². The van der Waals surface area contributed by atoms with Gasteiger partial charge in [-0.1, -0.05) is 402 Å². The van der Waals surface area contributed by atoms with E-state index in [1.54, 1.807) is 0 Å². The number of aliphatic hydroxyl groups excluding tert-OH is 1. The maximum absolute atomic E-state index is 13.2. The summed E-state index contributed by atoms with van der Waals surface area (Å²) in [6.45, 7) is 14.3. The molecule has 0 radical (unpaired) electrons. The fourth-order valence-corrected chi connectivity index (χ4v) is 15.0. The lowest BCUT2D eigenvalue weighted by Gasteiger charge is -2.21. The van der Waals surface area contributed by atoms with Gasteiger partial charge in [0.2, 0.25) is 0 Å². The Bertz CT molecular complexity index is 2060. The summed E-state index contributed by atoms with van der Waals surface area (Å²) < 4.78 is 68.8. The lowest BCUT2D eigenvalue weighted by Crippen LogP contribution is -2.30. The van der Waals surface area contributed by atoms with Gasteiger partial charge in [-0.2, -0.15) is 0 Å². The standard InChI is InChI=1S/C87H170O17P2/c1-9-78(6)64-56-48-40-34-28-24-20-16-12-14-18-22-26-30-36-42-51-59-67-84(89)97-73-82(103-86(91)69-61-53-43-37-31-27-23-19-15-13-17-21-25-29-35-41-49-57-65-79(7)10-2)75-101-105(93,94)99-71-81(88)72-100-106(95,96)102-76-83(74-98-85(90)68-60-52-46-45-50-58-66-80(8)11-3)104-87(92)70-62-54-44-38-32-33-39-47-55-63-77(4)5/h77-83,88H,9-76H2,1-8H3,(H,93,94)(H,95,96)/t78?,79?,80?,81-,82-,83-/m1/s1. The summed E-state index contributed by atoms with van der Waals surface area (Å²) in [4.78, 5) is 73.2. The SMILES string of the molecule is CCC(C)CCCCCCCCCCCCCCCCCCCCC(=O)OC[C@H](COP(=O)(O)OC[C@@H](O)COP(=O)(O)OC[C@@H](COC(=O)CCCCCCCCC(C)CC)OC(=O)CCCCCCCCCCCC(C)C)OC(=O)CCCCCCCCCCCCCCCCCCCCC(C)CC. The van der Waals surface area contributed by atoms with Gasteiger partial charge in [-0.25, -0.2) is 9.13 Å². The van der Waals surface area contributed by atoms with E-state index in [2.05, 4.69) is 55.4 Å². The highest BCUT2D eigenvalue weighted by atomic mass is 31.2. The molecule has 0 fully saturated rings. The maximum Gasteiger partial charge on any atom is 0.472 e. The zero-order valence-corrected chi connectivity index (χ0v) is 71.9. The minimum absolute atomic E-state index is 0.104. The molecule has 0 amide bonds. The molecular weight excluding hydrogens is 1380 g/mol. The predicted molar refractivity (Wildman–Crippen MR) is 437 cm³/mol. The first-order valence-electron chi connectivity index (χ1n) is 44.8. The van der Waals surface area contributed by atoms with E-state index in [1.165, 1.54) is 250 Å². The van der Waals surface area contributed by atoms with Crippen LogP contribution in [0.25, 0.3) is 0 Å². The zero-order chi connectivity index (χ0) is 78.1. The van der Waals surface area contributed by atoms with Crippen molar-refractivity contribution in [3.05, 3.63) is 0 Å². The summed E-state index contributed by atoms with van der Waals surface area (Å²) in [5.41, 5.74) is 0. The third-order valence-electron chi connectivity index (χ3n) is 21.4. The molecule has 0 aliphatic carbocycles. The topological polar surface area (TPSA) is 237 Å². The zero-order valence-electron chi connectivity index (χ0n) is 70.1. The van der Waals surface area contributed by atoms with Crippen molar-refractivity contribution < 1.29 is 80.2 Å². The molecule has 0 rings (SSSR count). The van der Waals surface area contributed by atoms with Gasteiger partial charge in [0, 0.05) is 25.7 Å². The summed E-state index contributed by atoms with van der Waals surface area (Å²) in [6.07, 6.45) is 65.4. The van der Waals surface area contributed by atoms with Crippen LogP contribution in [0, 0.1) is 23.7 Å². The molecule has 0 saturated carbocycles. The quantitative estimate of drug-likeness (QED) is 0.0222. The number of carbonyl (C=O) groups excluding carboxylic acids is 4. The van der Waals surface area contributed by atoms with Gasteiger partial charge >= 0.3 is 39.5 Å². The second kappa shape index (κ2) is 75.7. The van der Waals surface area contributed by atoms with Gasteiger partial charge in [0.15, 0.2) is 12.2 Å². The molecule has 0 aliphatic heterocycles. The number of rotatable bonds is 84. The van der Waals surface area contributed by atoms with Crippen LogP contribution in [-0.2, 0) is 65.4 Å². The molecule has 0 aliphatic rings. The summed E-state index contributed by atoms with van der Waals surface area (Å²) in [5, 5.41) is 10.7. The fourth-order valence-electron chi connectivity index (χ4n) is 13.4. The number of phosphoric acid groups is 2. The highest BCUT2D eigenvalue weighted by Crippen LogP contribution is 2.45. The van der Waals surface area contributed by atoms with Crippen LogP contribution < -0.4 is 0 Å². The van der Waals surface area contributed by atoms with Gasteiger partial charge in [-0.3, -0.25) is 37.3 Å². The highest BCUT2D eigenvalue weighted by Gasteiger charge is 2.31. The first-order chi connectivity index (χ1) is 51.2. The van der Waals surface area contributed by atoms with Gasteiger partial charge in [0.25, 0.3) is 0 Å². The van der Waals surface area contributed by atoms with Crippen LogP contribution in [0.1, 0.15) is 453 Å². The maximum atomic E-state index is 13.2. The van der Waals surface area contributed by atoms with Gasteiger partial charge in [-0.15, -0.1) is 0 Å². The first kappa shape index (κ1) is 104. The third kappa shape index (κ3) is 76.1. The summed E-state index contributed by atoms with van der Waals surface area (Å²) in [6, 6.07) is 0. The van der Waals surface area contributed by atoms with Crippen molar-refractivity contribution in [2.45, 2.75) is 472 Å². The average Bonchev–Trinajstić information content (AvgIpc) is 0.908. The Kier molecular flexibility index (Phi) is 74.3. The van der Waals surface area contributed by atoms with E-state index in [1.807, 2.05) is 0 Å². The molecule has 3 N–H and O–H groups in total. The number of unbranched alkanes of at least 4 members (excludes halogenated alkanes) is 47. The largest absolute Gasteiger partial charge is 0.472 e. The van der Waals surface area contributed by atoms with Gasteiger partial charge in [-0.05, 0) is 49.4 Å². The lowest BCUT2D eigenvalue weighted by molar-refractivity contribution is -0.161. The molecule has 19 heteroatoms. The number of ether oxygens (including phenoxy) is 4. The Morgan fingerprint density at radius 1 is 0.264 bits per heavy atom. The van der Waals surface area contributed by atoms with Crippen molar-refractivity contribution in [1.29, 1.82) is 0 Å². The molecule has 0 spiro atoms. The lowest BCUT2D eigenvalue weighted by atomic mass is 9.99. The predicted octanol–water partition coefficient (Wildman–Crippen LogP) is 26.3. The summed E-state index contributed by atoms with van der Waals surface area (Å²) >= 11 is 0. The van der Waals surface area contributed by atoms with E-state index in [4.69, 9.17) is 37.0 Å². The Hall–Kier alpha value is -1.94. The molecule has 630 valence electrons. The monoisotopic (exact) mass is 1550 g/mol. The van der Waals surface area contributed by atoms with Crippen molar-refractivity contribution >= 4 is 39.5 Å². The Morgan fingerprint density at radius 3 is 0.670 bits per heavy atom. The molecule has 0 aromatic rings. The van der Waals surface area contributed by atoms with E-state index < -0.39 is 97.5 Å². The minimum Gasteiger partial charge on any atom is -0.462 e. The van der Waals surface area contributed by atoms with Crippen molar-refractivity contribution in [2.24, 2.45) is 23.7 Å². The van der Waals surface area contributed by atoms with Crippen LogP contribution in [-0.4, -0.2) is 96.7 Å². The fraction of sp³-hybridized carbons (Fsp3) is 0.954. The molecule has 0 aromatic carbocycles. The molecular formula is C87H170O17P2. The number of carbonyl (C=O) groups is 4. The second-order valence-corrected chi connectivity index (χ2v) is 35.4. The van der Waals surface area contributed by atoms with E-state index >= 15 is 0 Å². The van der Waals surface area contributed by atoms with Gasteiger partial charge < -0.3 is 33.8 Å². The van der Waals surface area contributed by atoms with Crippen LogP contribution in [0.3, 0.4) is 0 Å². The first-order valence-corrected chi connectivity index (χ1v) is 47.8. The average molecular weight is 1550 g/mol. The number of phosphoric ester groups is 2. The molecule has 17 nitrogen and oxygen atoms in total. The summed E-state index contributed by atoms with van der Waals surface area (Å²) in [5.74, 6) is 1.10.